The average molecular weight is 331 g/mol. The lowest BCUT2D eigenvalue weighted by molar-refractivity contribution is 0.0700. The fourth-order valence-corrected chi connectivity index (χ4v) is 2.26. The van der Waals surface area contributed by atoms with Crippen molar-refractivity contribution >= 4 is 21.8 Å². The van der Waals surface area contributed by atoms with Gasteiger partial charge in [0.2, 0.25) is 0 Å². The molecule has 0 bridgehead atoms. The molecule has 0 aliphatic rings. The summed E-state index contributed by atoms with van der Waals surface area (Å²) in [5.41, 5.74) is 6.03. The number of benzene rings is 1. The number of amides is 1. The molecule has 5 heteroatoms. The van der Waals surface area contributed by atoms with E-state index in [1.165, 1.54) is 18.2 Å². The molecule has 0 saturated carbocycles. The molecule has 0 radical (unpaired) electrons. The van der Waals surface area contributed by atoms with Crippen LogP contribution in [0.5, 0.6) is 0 Å². The SMILES string of the molecule is CCN(CC(C)(C)CN)C(=O)c1ccc(F)cc1Br. The van der Waals surface area contributed by atoms with Crippen LogP contribution < -0.4 is 5.73 Å². The van der Waals surface area contributed by atoms with Gasteiger partial charge in [0.25, 0.3) is 5.91 Å². The molecule has 1 aromatic rings. The summed E-state index contributed by atoms with van der Waals surface area (Å²) >= 11 is 3.23. The molecular weight excluding hydrogens is 311 g/mol. The largest absolute Gasteiger partial charge is 0.338 e. The lowest BCUT2D eigenvalue weighted by Gasteiger charge is -2.31. The van der Waals surface area contributed by atoms with Gasteiger partial charge in [-0.25, -0.2) is 4.39 Å². The quantitative estimate of drug-likeness (QED) is 0.901. The first kappa shape index (κ1) is 16.1. The second-order valence-electron chi connectivity index (χ2n) is 5.31. The smallest absolute Gasteiger partial charge is 0.255 e. The van der Waals surface area contributed by atoms with Crippen molar-refractivity contribution in [2.75, 3.05) is 19.6 Å². The average Bonchev–Trinajstić information content (AvgIpc) is 2.35. The van der Waals surface area contributed by atoms with E-state index in [1.54, 1.807) is 4.90 Å². The summed E-state index contributed by atoms with van der Waals surface area (Å²) < 4.78 is 13.5. The molecule has 0 atom stereocenters. The first-order valence-corrected chi connectivity index (χ1v) is 7.04. The van der Waals surface area contributed by atoms with Gasteiger partial charge in [-0.15, -0.1) is 0 Å². The van der Waals surface area contributed by atoms with Gasteiger partial charge in [0.15, 0.2) is 0 Å². The first-order chi connectivity index (χ1) is 8.80. The van der Waals surface area contributed by atoms with Crippen LogP contribution in [0.1, 0.15) is 31.1 Å². The van der Waals surface area contributed by atoms with E-state index in [1.807, 2.05) is 20.8 Å². The zero-order valence-corrected chi connectivity index (χ0v) is 13.1. The van der Waals surface area contributed by atoms with E-state index in [-0.39, 0.29) is 17.1 Å². The van der Waals surface area contributed by atoms with E-state index < -0.39 is 0 Å². The molecule has 1 amide bonds. The zero-order valence-electron chi connectivity index (χ0n) is 11.5. The van der Waals surface area contributed by atoms with Crippen molar-refractivity contribution in [2.45, 2.75) is 20.8 Å². The molecule has 1 aromatic carbocycles. The third kappa shape index (κ3) is 4.28. The first-order valence-electron chi connectivity index (χ1n) is 6.25. The van der Waals surface area contributed by atoms with Crippen molar-refractivity contribution < 1.29 is 9.18 Å². The molecule has 106 valence electrons. The lowest BCUT2D eigenvalue weighted by Crippen LogP contribution is -2.42. The molecule has 1 rings (SSSR count). The van der Waals surface area contributed by atoms with Crippen molar-refractivity contribution in [1.82, 2.24) is 4.90 Å². The van der Waals surface area contributed by atoms with Crippen LogP contribution in [0.3, 0.4) is 0 Å². The van der Waals surface area contributed by atoms with Gasteiger partial charge >= 0.3 is 0 Å². The minimum atomic E-state index is -0.367. The zero-order chi connectivity index (χ0) is 14.6. The number of carbonyl (C=O) groups excluding carboxylic acids is 1. The molecule has 0 saturated heterocycles. The van der Waals surface area contributed by atoms with Crippen molar-refractivity contribution in [3.63, 3.8) is 0 Å². The Morgan fingerprint density at radius 2 is 2.11 bits per heavy atom. The lowest BCUT2D eigenvalue weighted by atomic mass is 9.93. The monoisotopic (exact) mass is 330 g/mol. The molecule has 2 N–H and O–H groups in total. The molecule has 0 unspecified atom stereocenters. The second-order valence-corrected chi connectivity index (χ2v) is 6.17. The minimum Gasteiger partial charge on any atom is -0.338 e. The number of rotatable bonds is 5. The van der Waals surface area contributed by atoms with Gasteiger partial charge in [0.1, 0.15) is 5.82 Å². The van der Waals surface area contributed by atoms with Gasteiger partial charge in [-0.1, -0.05) is 13.8 Å². The summed E-state index contributed by atoms with van der Waals surface area (Å²) in [6.07, 6.45) is 0. The predicted molar refractivity (Wildman–Crippen MR) is 78.5 cm³/mol. The standard InChI is InChI=1S/C14H20BrFN2O/c1-4-18(9-14(2,3)8-17)13(19)11-6-5-10(16)7-12(11)15/h5-7H,4,8-9,17H2,1-3H3. The van der Waals surface area contributed by atoms with Crippen molar-refractivity contribution in [3.8, 4) is 0 Å². The van der Waals surface area contributed by atoms with E-state index in [0.717, 1.165) is 0 Å². The third-order valence-electron chi connectivity index (χ3n) is 3.00. The molecule has 0 aliphatic carbocycles. The predicted octanol–water partition coefficient (Wildman–Crippen LogP) is 3.04. The molecular formula is C14H20BrFN2O. The minimum absolute atomic E-state index is 0.115. The fourth-order valence-electron chi connectivity index (χ4n) is 1.74. The topological polar surface area (TPSA) is 46.3 Å². The summed E-state index contributed by atoms with van der Waals surface area (Å²) in [5, 5.41) is 0. The summed E-state index contributed by atoms with van der Waals surface area (Å²) in [6.45, 7) is 7.61. The van der Waals surface area contributed by atoms with Crippen LogP contribution in [0.15, 0.2) is 22.7 Å². The van der Waals surface area contributed by atoms with E-state index >= 15 is 0 Å². The highest BCUT2D eigenvalue weighted by atomic mass is 79.9. The number of carbonyl (C=O) groups is 1. The fraction of sp³-hybridized carbons (Fsp3) is 0.500. The number of hydrogen-bond acceptors (Lipinski definition) is 2. The van der Waals surface area contributed by atoms with Crippen molar-refractivity contribution in [2.24, 2.45) is 11.1 Å². The van der Waals surface area contributed by atoms with Crippen LogP contribution >= 0.6 is 15.9 Å². The van der Waals surface area contributed by atoms with Crippen LogP contribution in [0, 0.1) is 11.2 Å². The van der Waals surface area contributed by atoms with Crippen molar-refractivity contribution in [3.05, 3.63) is 34.1 Å². The summed E-state index contributed by atoms with van der Waals surface area (Å²) in [6, 6.07) is 4.09. The Kier molecular flexibility index (Phi) is 5.50. The summed E-state index contributed by atoms with van der Waals surface area (Å²) in [5.74, 6) is -0.482. The molecule has 0 spiro atoms. The van der Waals surface area contributed by atoms with Gasteiger partial charge < -0.3 is 10.6 Å². The summed E-state index contributed by atoms with van der Waals surface area (Å²) in [7, 11) is 0. The Morgan fingerprint density at radius 1 is 1.47 bits per heavy atom. The Bertz CT molecular complexity index is 463. The maximum Gasteiger partial charge on any atom is 0.255 e. The molecule has 0 fully saturated rings. The Hall–Kier alpha value is -0.940. The molecule has 0 heterocycles. The van der Waals surface area contributed by atoms with Crippen molar-refractivity contribution in [1.29, 1.82) is 0 Å². The number of nitrogens with zero attached hydrogens (tertiary/aromatic N) is 1. The highest BCUT2D eigenvalue weighted by Gasteiger charge is 2.24. The van der Waals surface area contributed by atoms with Gasteiger partial charge in [-0.2, -0.15) is 0 Å². The maximum absolute atomic E-state index is 13.0. The van der Waals surface area contributed by atoms with E-state index in [2.05, 4.69) is 15.9 Å². The van der Waals surface area contributed by atoms with Crippen LogP contribution in [-0.4, -0.2) is 30.4 Å². The van der Waals surface area contributed by atoms with E-state index in [4.69, 9.17) is 5.73 Å². The van der Waals surface area contributed by atoms with Crippen LogP contribution in [0.2, 0.25) is 0 Å². The van der Waals surface area contributed by atoms with Gasteiger partial charge in [-0.3, -0.25) is 4.79 Å². The normalized spacial score (nSPS) is 11.5. The maximum atomic E-state index is 13.0. The third-order valence-corrected chi connectivity index (χ3v) is 3.66. The van der Waals surface area contributed by atoms with E-state index in [9.17, 15) is 9.18 Å². The number of nitrogens with two attached hydrogens (primary N) is 1. The number of hydrogen-bond donors (Lipinski definition) is 1. The number of halogens is 2. The van der Waals surface area contributed by atoms with E-state index in [0.29, 0.717) is 29.7 Å². The second kappa shape index (κ2) is 6.48. The Labute approximate surface area is 122 Å². The molecule has 3 nitrogen and oxygen atoms in total. The highest BCUT2D eigenvalue weighted by molar-refractivity contribution is 9.10. The highest BCUT2D eigenvalue weighted by Crippen LogP contribution is 2.22. The molecule has 0 aliphatic heterocycles. The van der Waals surface area contributed by atoms with Crippen LogP contribution in [0.25, 0.3) is 0 Å². The molecule has 19 heavy (non-hydrogen) atoms. The van der Waals surface area contributed by atoms with Crippen LogP contribution in [-0.2, 0) is 0 Å². The Balaban J connectivity index is 2.96. The van der Waals surface area contributed by atoms with Gasteiger partial charge in [-0.05, 0) is 53.0 Å². The Morgan fingerprint density at radius 3 is 2.58 bits per heavy atom. The van der Waals surface area contributed by atoms with Gasteiger partial charge in [0, 0.05) is 17.6 Å². The van der Waals surface area contributed by atoms with Crippen LogP contribution in [0.4, 0.5) is 4.39 Å². The summed E-state index contributed by atoms with van der Waals surface area (Å²) in [4.78, 5) is 14.2. The molecule has 0 aromatic heterocycles. The van der Waals surface area contributed by atoms with Gasteiger partial charge in [0.05, 0.1) is 5.56 Å².